The Labute approximate surface area is 155 Å². The van der Waals surface area contributed by atoms with Crippen LogP contribution in [0.5, 0.6) is 0 Å². The van der Waals surface area contributed by atoms with Crippen LogP contribution in [0.2, 0.25) is 0 Å². The van der Waals surface area contributed by atoms with Gasteiger partial charge in [0.1, 0.15) is 6.04 Å². The van der Waals surface area contributed by atoms with E-state index < -0.39 is 11.8 Å². The predicted octanol–water partition coefficient (Wildman–Crippen LogP) is 2.82. The quantitative estimate of drug-likeness (QED) is 0.645. The third-order valence-corrected chi connectivity index (χ3v) is 4.20. The van der Waals surface area contributed by atoms with Gasteiger partial charge >= 0.3 is 5.76 Å². The fourth-order valence-corrected chi connectivity index (χ4v) is 2.80. The van der Waals surface area contributed by atoms with Gasteiger partial charge in [-0.2, -0.15) is 0 Å². The van der Waals surface area contributed by atoms with Crippen molar-refractivity contribution in [1.82, 2.24) is 10.3 Å². The topological polar surface area (TPSA) is 104 Å². The Morgan fingerprint density at radius 3 is 2.59 bits per heavy atom. The standard InChI is InChI=1S/C20H21N3O4/c1-11(2)17(23-18(24)13-6-4-5-12(3)9-13)19(25)21-14-7-8-16-15(10-14)22-20(26)27-16/h4-11,17H,1-3H3,(H,21,25)(H,22,26)(H,23,24). The van der Waals surface area contributed by atoms with Gasteiger partial charge in [0.2, 0.25) is 5.91 Å². The maximum Gasteiger partial charge on any atom is 0.417 e. The number of hydrogen-bond acceptors (Lipinski definition) is 4. The number of fused-ring (bicyclic) bond motifs is 1. The third kappa shape index (κ3) is 4.25. The van der Waals surface area contributed by atoms with Crippen LogP contribution in [0.4, 0.5) is 5.69 Å². The van der Waals surface area contributed by atoms with Gasteiger partial charge in [-0.3, -0.25) is 14.6 Å². The molecule has 140 valence electrons. The number of aromatic nitrogens is 1. The zero-order valence-corrected chi connectivity index (χ0v) is 15.3. The van der Waals surface area contributed by atoms with Crippen molar-refractivity contribution < 1.29 is 14.0 Å². The number of carbonyl (C=O) groups is 2. The minimum atomic E-state index is -0.711. The fraction of sp³-hybridized carbons (Fsp3) is 0.250. The zero-order valence-electron chi connectivity index (χ0n) is 15.3. The molecule has 0 aliphatic rings. The lowest BCUT2D eigenvalue weighted by Gasteiger charge is -2.22. The van der Waals surface area contributed by atoms with Crippen LogP contribution in [0.25, 0.3) is 11.1 Å². The summed E-state index contributed by atoms with van der Waals surface area (Å²) in [5, 5.41) is 5.57. The van der Waals surface area contributed by atoms with Crippen molar-refractivity contribution in [2.24, 2.45) is 5.92 Å². The number of aryl methyl sites for hydroxylation is 1. The molecule has 1 heterocycles. The highest BCUT2D eigenvalue weighted by Gasteiger charge is 2.25. The molecule has 0 saturated heterocycles. The van der Waals surface area contributed by atoms with Gasteiger partial charge in [-0.1, -0.05) is 31.5 Å². The Bertz CT molecular complexity index is 1050. The van der Waals surface area contributed by atoms with Gasteiger partial charge in [-0.05, 0) is 43.2 Å². The monoisotopic (exact) mass is 367 g/mol. The molecule has 0 aliphatic heterocycles. The number of anilines is 1. The highest BCUT2D eigenvalue weighted by Crippen LogP contribution is 2.17. The molecule has 3 aromatic rings. The maximum absolute atomic E-state index is 12.7. The van der Waals surface area contributed by atoms with Crippen molar-refractivity contribution in [3.63, 3.8) is 0 Å². The average Bonchev–Trinajstić information content (AvgIpc) is 2.98. The van der Waals surface area contributed by atoms with E-state index in [0.29, 0.717) is 22.4 Å². The number of hydrogen-bond donors (Lipinski definition) is 3. The number of amides is 2. The summed E-state index contributed by atoms with van der Waals surface area (Å²) >= 11 is 0. The van der Waals surface area contributed by atoms with E-state index in [9.17, 15) is 14.4 Å². The summed E-state index contributed by atoms with van der Waals surface area (Å²) in [6, 6.07) is 11.3. The van der Waals surface area contributed by atoms with Gasteiger partial charge < -0.3 is 15.1 Å². The van der Waals surface area contributed by atoms with E-state index in [1.165, 1.54) is 0 Å². The van der Waals surface area contributed by atoms with Gasteiger partial charge in [0.15, 0.2) is 5.58 Å². The molecule has 1 atom stereocenters. The van der Waals surface area contributed by atoms with Gasteiger partial charge in [-0.15, -0.1) is 0 Å². The molecule has 0 aliphatic carbocycles. The van der Waals surface area contributed by atoms with Crippen LogP contribution >= 0.6 is 0 Å². The largest absolute Gasteiger partial charge is 0.417 e. The normalized spacial score (nSPS) is 12.1. The van der Waals surface area contributed by atoms with Crippen molar-refractivity contribution >= 4 is 28.6 Å². The molecule has 0 bridgehead atoms. The molecule has 2 aromatic carbocycles. The lowest BCUT2D eigenvalue weighted by Crippen LogP contribution is -2.47. The number of rotatable bonds is 5. The zero-order chi connectivity index (χ0) is 19.6. The lowest BCUT2D eigenvalue weighted by molar-refractivity contribution is -0.118. The van der Waals surface area contributed by atoms with Crippen molar-refractivity contribution in [2.45, 2.75) is 26.8 Å². The first-order chi connectivity index (χ1) is 12.8. The van der Waals surface area contributed by atoms with Crippen LogP contribution in [0, 0.1) is 12.8 Å². The Morgan fingerprint density at radius 2 is 1.89 bits per heavy atom. The van der Waals surface area contributed by atoms with Crippen LogP contribution in [0.1, 0.15) is 29.8 Å². The second-order valence-corrected chi connectivity index (χ2v) is 6.78. The van der Waals surface area contributed by atoms with Gasteiger partial charge in [0, 0.05) is 11.3 Å². The van der Waals surface area contributed by atoms with Crippen LogP contribution in [-0.2, 0) is 4.79 Å². The average molecular weight is 367 g/mol. The number of benzene rings is 2. The van der Waals surface area contributed by atoms with E-state index >= 15 is 0 Å². The maximum atomic E-state index is 12.7. The lowest BCUT2D eigenvalue weighted by atomic mass is 10.0. The van der Waals surface area contributed by atoms with E-state index in [4.69, 9.17) is 4.42 Å². The molecular formula is C20H21N3O4. The van der Waals surface area contributed by atoms with E-state index in [0.717, 1.165) is 5.56 Å². The third-order valence-electron chi connectivity index (χ3n) is 4.20. The molecule has 1 aromatic heterocycles. The van der Waals surface area contributed by atoms with Crippen molar-refractivity contribution in [2.75, 3.05) is 5.32 Å². The molecule has 0 fully saturated rings. The van der Waals surface area contributed by atoms with Gasteiger partial charge in [0.25, 0.3) is 5.91 Å². The molecule has 0 radical (unpaired) electrons. The van der Waals surface area contributed by atoms with Crippen LogP contribution in [-0.4, -0.2) is 22.8 Å². The first-order valence-corrected chi connectivity index (χ1v) is 8.65. The molecular weight excluding hydrogens is 346 g/mol. The van der Waals surface area contributed by atoms with Crippen LogP contribution in [0.3, 0.4) is 0 Å². The van der Waals surface area contributed by atoms with Gasteiger partial charge in [-0.25, -0.2) is 4.79 Å². The van der Waals surface area contributed by atoms with Crippen molar-refractivity contribution in [1.29, 1.82) is 0 Å². The Morgan fingerprint density at radius 1 is 1.11 bits per heavy atom. The molecule has 3 N–H and O–H groups in total. The van der Waals surface area contributed by atoms with Crippen LogP contribution < -0.4 is 16.4 Å². The predicted molar refractivity (Wildman–Crippen MR) is 103 cm³/mol. The highest BCUT2D eigenvalue weighted by molar-refractivity contribution is 6.01. The minimum absolute atomic E-state index is 0.115. The summed E-state index contributed by atoms with van der Waals surface area (Å²) in [5.74, 6) is -1.31. The molecule has 1 unspecified atom stereocenters. The smallest absolute Gasteiger partial charge is 0.408 e. The van der Waals surface area contributed by atoms with E-state index in [1.54, 1.807) is 36.4 Å². The fourth-order valence-electron chi connectivity index (χ4n) is 2.80. The number of oxazole rings is 1. The van der Waals surface area contributed by atoms with E-state index in [2.05, 4.69) is 15.6 Å². The summed E-state index contributed by atoms with van der Waals surface area (Å²) in [4.78, 5) is 39.0. The molecule has 0 spiro atoms. The van der Waals surface area contributed by atoms with E-state index in [1.807, 2.05) is 26.8 Å². The first-order valence-electron chi connectivity index (χ1n) is 8.65. The Hall–Kier alpha value is -3.35. The summed E-state index contributed by atoms with van der Waals surface area (Å²) in [7, 11) is 0. The SMILES string of the molecule is Cc1cccc(C(=O)NC(C(=O)Nc2ccc3oc(=O)[nH]c3c2)C(C)C)c1. The molecule has 0 saturated carbocycles. The van der Waals surface area contributed by atoms with Gasteiger partial charge in [0.05, 0.1) is 5.52 Å². The molecule has 7 heteroatoms. The Balaban J connectivity index is 1.76. The summed E-state index contributed by atoms with van der Waals surface area (Å²) in [6.45, 7) is 5.62. The Kier molecular flexibility index (Phi) is 5.12. The molecule has 27 heavy (non-hydrogen) atoms. The van der Waals surface area contributed by atoms with E-state index in [-0.39, 0.29) is 17.7 Å². The summed E-state index contributed by atoms with van der Waals surface area (Å²) in [6.07, 6.45) is 0. The van der Waals surface area contributed by atoms with Crippen LogP contribution in [0.15, 0.2) is 51.7 Å². The highest BCUT2D eigenvalue weighted by atomic mass is 16.4. The molecule has 2 amide bonds. The minimum Gasteiger partial charge on any atom is -0.408 e. The number of nitrogens with one attached hydrogen (secondary N) is 3. The summed E-state index contributed by atoms with van der Waals surface area (Å²) < 4.78 is 4.94. The second kappa shape index (κ2) is 7.49. The second-order valence-electron chi connectivity index (χ2n) is 6.78. The summed E-state index contributed by atoms with van der Waals surface area (Å²) in [5.41, 5.74) is 2.87. The first kappa shape index (κ1) is 18.4. The van der Waals surface area contributed by atoms with Crippen molar-refractivity contribution in [3.8, 4) is 0 Å². The molecule has 3 rings (SSSR count). The number of H-pyrrole nitrogens is 1. The number of carbonyl (C=O) groups excluding carboxylic acids is 2. The van der Waals surface area contributed by atoms with Crippen molar-refractivity contribution in [3.05, 3.63) is 64.1 Å². The number of aromatic amines is 1. The molecule has 7 nitrogen and oxygen atoms in total.